The predicted octanol–water partition coefficient (Wildman–Crippen LogP) is 0.847. The minimum absolute atomic E-state index is 0.146. The summed E-state index contributed by atoms with van der Waals surface area (Å²) in [7, 11) is 0. The molecule has 2 heterocycles. The summed E-state index contributed by atoms with van der Waals surface area (Å²) in [5.41, 5.74) is 2.62. The van der Waals surface area contributed by atoms with Crippen molar-refractivity contribution in [2.75, 3.05) is 23.5 Å². The molecule has 2 fully saturated rings. The fourth-order valence-corrected chi connectivity index (χ4v) is 2.77. The van der Waals surface area contributed by atoms with E-state index in [4.69, 9.17) is 5.84 Å². The van der Waals surface area contributed by atoms with Gasteiger partial charge >= 0.3 is 0 Å². The van der Waals surface area contributed by atoms with Crippen LogP contribution in [0.3, 0.4) is 0 Å². The molecule has 19 heavy (non-hydrogen) atoms. The maximum atomic E-state index is 9.56. The number of aromatic nitrogens is 2. The van der Waals surface area contributed by atoms with E-state index in [1.807, 2.05) is 6.07 Å². The molecule has 0 spiro atoms. The molecule has 0 radical (unpaired) electrons. The predicted molar refractivity (Wildman–Crippen MR) is 73.8 cm³/mol. The molecule has 1 aromatic heterocycles. The van der Waals surface area contributed by atoms with Crippen molar-refractivity contribution in [3.63, 3.8) is 0 Å². The van der Waals surface area contributed by atoms with Gasteiger partial charge in [0.15, 0.2) is 0 Å². The summed E-state index contributed by atoms with van der Waals surface area (Å²) in [6.07, 6.45) is 3.40. The molecule has 1 saturated carbocycles. The number of hydrogen-bond donors (Lipinski definition) is 3. The Morgan fingerprint density at radius 2 is 2.21 bits per heavy atom. The van der Waals surface area contributed by atoms with Crippen molar-refractivity contribution < 1.29 is 5.11 Å². The number of aliphatic hydroxyl groups is 1. The number of anilines is 2. The smallest absolute Gasteiger partial charge is 0.145 e. The molecule has 3 rings (SSSR count). The Kier molecular flexibility index (Phi) is 3.28. The number of hydrazine groups is 1. The van der Waals surface area contributed by atoms with Crippen molar-refractivity contribution in [2.24, 2.45) is 11.8 Å². The van der Waals surface area contributed by atoms with Crippen LogP contribution in [-0.2, 0) is 0 Å². The lowest BCUT2D eigenvalue weighted by molar-refractivity contribution is 0.244. The van der Waals surface area contributed by atoms with Crippen molar-refractivity contribution in [1.29, 1.82) is 0 Å². The first-order valence-electron chi connectivity index (χ1n) is 6.96. The van der Waals surface area contributed by atoms with Gasteiger partial charge in [-0.15, -0.1) is 0 Å². The van der Waals surface area contributed by atoms with Crippen molar-refractivity contribution in [3.8, 4) is 0 Å². The Hall–Kier alpha value is -1.40. The number of nitrogen functional groups attached to an aromatic ring is 1. The number of hydrogen-bond acceptors (Lipinski definition) is 6. The first kappa shape index (κ1) is 12.6. The zero-order valence-corrected chi connectivity index (χ0v) is 11.2. The van der Waals surface area contributed by atoms with Gasteiger partial charge in [-0.2, -0.15) is 0 Å². The van der Waals surface area contributed by atoms with E-state index in [1.54, 1.807) is 0 Å². The highest BCUT2D eigenvalue weighted by molar-refractivity contribution is 5.51. The van der Waals surface area contributed by atoms with E-state index >= 15 is 0 Å². The SMILES string of the molecule is CC1CCN(c2cc(NN)nc(C3CC3)n2)C1CO. The van der Waals surface area contributed by atoms with Crippen LogP contribution in [-0.4, -0.2) is 34.3 Å². The highest BCUT2D eigenvalue weighted by atomic mass is 16.3. The first-order valence-corrected chi connectivity index (χ1v) is 6.96. The Balaban J connectivity index is 1.92. The van der Waals surface area contributed by atoms with Crippen LogP contribution < -0.4 is 16.2 Å². The molecule has 0 bridgehead atoms. The third kappa shape index (κ3) is 2.37. The quantitative estimate of drug-likeness (QED) is 0.551. The summed E-state index contributed by atoms with van der Waals surface area (Å²) in [6, 6.07) is 2.01. The van der Waals surface area contributed by atoms with Crippen LogP contribution in [0.5, 0.6) is 0 Å². The lowest BCUT2D eigenvalue weighted by Crippen LogP contribution is -2.36. The Bertz CT molecular complexity index is 462. The second kappa shape index (κ2) is 4.94. The number of nitrogens with two attached hydrogens (primary N) is 1. The van der Waals surface area contributed by atoms with E-state index in [9.17, 15) is 5.11 Å². The second-order valence-corrected chi connectivity index (χ2v) is 5.60. The molecular weight excluding hydrogens is 242 g/mol. The molecule has 2 unspecified atom stereocenters. The summed E-state index contributed by atoms with van der Waals surface area (Å²) in [5.74, 6) is 8.88. The summed E-state index contributed by atoms with van der Waals surface area (Å²) in [6.45, 7) is 3.26. The minimum atomic E-state index is 0.146. The van der Waals surface area contributed by atoms with E-state index < -0.39 is 0 Å². The fraction of sp³-hybridized carbons (Fsp3) is 0.692. The summed E-state index contributed by atoms with van der Waals surface area (Å²) < 4.78 is 0. The number of aliphatic hydroxyl groups excluding tert-OH is 1. The Labute approximate surface area is 113 Å². The summed E-state index contributed by atoms with van der Waals surface area (Å²) >= 11 is 0. The van der Waals surface area contributed by atoms with Crippen LogP contribution in [0.2, 0.25) is 0 Å². The van der Waals surface area contributed by atoms with E-state index in [0.717, 1.165) is 37.4 Å². The number of nitrogens with zero attached hydrogens (tertiary/aromatic N) is 3. The van der Waals surface area contributed by atoms with E-state index in [2.05, 4.69) is 27.2 Å². The van der Waals surface area contributed by atoms with E-state index in [0.29, 0.717) is 17.7 Å². The van der Waals surface area contributed by atoms with Crippen LogP contribution in [0.25, 0.3) is 0 Å². The maximum Gasteiger partial charge on any atom is 0.145 e. The second-order valence-electron chi connectivity index (χ2n) is 5.60. The molecule has 0 aromatic carbocycles. The fourth-order valence-electron chi connectivity index (χ4n) is 2.77. The third-order valence-corrected chi connectivity index (χ3v) is 4.18. The molecule has 4 N–H and O–H groups in total. The van der Waals surface area contributed by atoms with Crippen LogP contribution in [0.15, 0.2) is 6.07 Å². The lowest BCUT2D eigenvalue weighted by atomic mass is 10.0. The van der Waals surface area contributed by atoms with Gasteiger partial charge in [0.2, 0.25) is 0 Å². The van der Waals surface area contributed by atoms with Crippen LogP contribution in [0.4, 0.5) is 11.6 Å². The molecule has 6 heteroatoms. The van der Waals surface area contributed by atoms with Gasteiger partial charge in [-0.3, -0.25) is 0 Å². The molecule has 1 aliphatic carbocycles. The largest absolute Gasteiger partial charge is 0.394 e. The van der Waals surface area contributed by atoms with Gasteiger partial charge in [-0.25, -0.2) is 15.8 Å². The molecule has 0 amide bonds. The third-order valence-electron chi connectivity index (χ3n) is 4.18. The van der Waals surface area contributed by atoms with E-state index in [1.165, 1.54) is 0 Å². The molecular formula is C13H21N5O. The maximum absolute atomic E-state index is 9.56. The average Bonchev–Trinajstić information content (AvgIpc) is 3.21. The normalized spacial score (nSPS) is 26.8. The van der Waals surface area contributed by atoms with Crippen LogP contribution in [0.1, 0.15) is 37.9 Å². The Morgan fingerprint density at radius 3 is 2.84 bits per heavy atom. The molecule has 1 saturated heterocycles. The molecule has 1 aliphatic heterocycles. The van der Waals surface area contributed by atoms with Crippen molar-refractivity contribution in [1.82, 2.24) is 9.97 Å². The zero-order chi connectivity index (χ0) is 13.4. The zero-order valence-electron chi connectivity index (χ0n) is 11.2. The molecule has 2 atom stereocenters. The van der Waals surface area contributed by atoms with Crippen molar-refractivity contribution in [3.05, 3.63) is 11.9 Å². The van der Waals surface area contributed by atoms with Gasteiger partial charge in [0, 0.05) is 18.5 Å². The minimum Gasteiger partial charge on any atom is -0.394 e. The van der Waals surface area contributed by atoms with Gasteiger partial charge in [-0.1, -0.05) is 6.92 Å². The highest BCUT2D eigenvalue weighted by Crippen LogP contribution is 2.39. The number of nitrogens with one attached hydrogen (secondary N) is 1. The van der Waals surface area contributed by atoms with Crippen LogP contribution >= 0.6 is 0 Å². The standard InChI is InChI=1S/C13H21N5O/c1-8-4-5-18(10(8)7-19)12-6-11(17-14)15-13(16-12)9-2-3-9/h6,8-10,19H,2-5,7,14H2,1H3,(H,15,16,17). The molecule has 2 aliphatic rings. The number of rotatable bonds is 4. The topological polar surface area (TPSA) is 87.3 Å². The van der Waals surface area contributed by atoms with Gasteiger partial charge in [0.05, 0.1) is 12.6 Å². The highest BCUT2D eigenvalue weighted by Gasteiger charge is 2.33. The monoisotopic (exact) mass is 263 g/mol. The van der Waals surface area contributed by atoms with Crippen molar-refractivity contribution >= 4 is 11.6 Å². The van der Waals surface area contributed by atoms with Crippen LogP contribution in [0, 0.1) is 5.92 Å². The van der Waals surface area contributed by atoms with Gasteiger partial charge < -0.3 is 15.4 Å². The average molecular weight is 263 g/mol. The van der Waals surface area contributed by atoms with Gasteiger partial charge in [-0.05, 0) is 25.2 Å². The Morgan fingerprint density at radius 1 is 1.42 bits per heavy atom. The molecule has 6 nitrogen and oxygen atoms in total. The van der Waals surface area contributed by atoms with Crippen molar-refractivity contribution in [2.45, 2.75) is 38.1 Å². The van der Waals surface area contributed by atoms with E-state index in [-0.39, 0.29) is 12.6 Å². The summed E-state index contributed by atoms with van der Waals surface area (Å²) in [4.78, 5) is 11.3. The molecule has 104 valence electrons. The van der Waals surface area contributed by atoms with Gasteiger partial charge in [0.25, 0.3) is 0 Å². The lowest BCUT2D eigenvalue weighted by Gasteiger charge is -2.26. The summed E-state index contributed by atoms with van der Waals surface area (Å²) in [5, 5.41) is 9.56. The first-order chi connectivity index (χ1) is 9.22. The van der Waals surface area contributed by atoms with Gasteiger partial charge in [0.1, 0.15) is 17.5 Å². The molecule has 1 aromatic rings.